The number of non-ortho nitro benzene ring substituents is 1. The summed E-state index contributed by atoms with van der Waals surface area (Å²) in [5.74, 6) is -0.955. The van der Waals surface area contributed by atoms with Crippen molar-refractivity contribution in [1.29, 1.82) is 0 Å². The van der Waals surface area contributed by atoms with Crippen molar-refractivity contribution >= 4 is 5.69 Å². The first-order valence-corrected chi connectivity index (χ1v) is 10.3. The van der Waals surface area contributed by atoms with Gasteiger partial charge in [-0.3, -0.25) is 15.0 Å². The summed E-state index contributed by atoms with van der Waals surface area (Å²) < 4.78 is 19.2. The Labute approximate surface area is 187 Å². The van der Waals surface area contributed by atoms with Crippen LogP contribution in [-0.4, -0.2) is 41.2 Å². The quantitative estimate of drug-likeness (QED) is 0.380. The van der Waals surface area contributed by atoms with Gasteiger partial charge in [0.15, 0.2) is 11.6 Å². The number of nitro benzene ring substituents is 1. The number of nitro groups is 1. The second kappa shape index (κ2) is 10.3. The fourth-order valence-electron chi connectivity index (χ4n) is 3.61. The monoisotopic (exact) mass is 438 g/mol. The standard InChI is InChI=1S/C25H27FN2O4/c1-17-6-4-5-7-23(17)19-8-9-20(18(2)12-19)14-27(3)15-22(29)16-32-25-11-10-21(28(30)31)13-24(25)26/h4-13,22,29H,14-16H2,1-3H3. The highest BCUT2D eigenvalue weighted by atomic mass is 19.1. The molecule has 0 spiro atoms. The molecule has 0 amide bonds. The molecule has 0 aromatic heterocycles. The topological polar surface area (TPSA) is 75.8 Å². The van der Waals surface area contributed by atoms with Crippen LogP contribution in [0.1, 0.15) is 16.7 Å². The lowest BCUT2D eigenvalue weighted by Crippen LogP contribution is -2.33. The summed E-state index contributed by atoms with van der Waals surface area (Å²) in [4.78, 5) is 12.0. The number of nitrogens with zero attached hydrogens (tertiary/aromatic N) is 2. The van der Waals surface area contributed by atoms with Gasteiger partial charge in [-0.25, -0.2) is 4.39 Å². The first-order valence-electron chi connectivity index (χ1n) is 10.3. The van der Waals surface area contributed by atoms with Crippen molar-refractivity contribution in [2.24, 2.45) is 0 Å². The van der Waals surface area contributed by atoms with Crippen molar-refractivity contribution in [1.82, 2.24) is 4.90 Å². The lowest BCUT2D eigenvalue weighted by Gasteiger charge is -2.22. The third kappa shape index (κ3) is 5.90. The number of rotatable bonds is 9. The van der Waals surface area contributed by atoms with Gasteiger partial charge >= 0.3 is 0 Å². The second-order valence-corrected chi connectivity index (χ2v) is 7.99. The van der Waals surface area contributed by atoms with E-state index >= 15 is 0 Å². The van der Waals surface area contributed by atoms with Gasteiger partial charge in [-0.15, -0.1) is 0 Å². The van der Waals surface area contributed by atoms with Crippen molar-refractivity contribution in [3.8, 4) is 16.9 Å². The average molecular weight is 438 g/mol. The van der Waals surface area contributed by atoms with Crippen LogP contribution in [0.4, 0.5) is 10.1 Å². The Bertz CT molecular complexity index is 1100. The number of hydrogen-bond donors (Lipinski definition) is 1. The maximum absolute atomic E-state index is 13.9. The Balaban J connectivity index is 1.55. The second-order valence-electron chi connectivity index (χ2n) is 7.99. The number of likely N-dealkylation sites (N-methyl/N-ethyl adjacent to an activating group) is 1. The van der Waals surface area contributed by atoms with Crippen LogP contribution >= 0.6 is 0 Å². The highest BCUT2D eigenvalue weighted by Crippen LogP contribution is 2.26. The third-order valence-corrected chi connectivity index (χ3v) is 5.32. The number of halogens is 1. The van der Waals surface area contributed by atoms with Gasteiger partial charge in [-0.05, 0) is 54.8 Å². The number of ether oxygens (including phenoxy) is 1. The van der Waals surface area contributed by atoms with E-state index in [4.69, 9.17) is 4.74 Å². The number of hydrogen-bond acceptors (Lipinski definition) is 5. The van der Waals surface area contributed by atoms with E-state index in [0.717, 1.165) is 17.2 Å². The van der Waals surface area contributed by atoms with Gasteiger partial charge in [0.05, 0.1) is 11.0 Å². The number of benzene rings is 3. The van der Waals surface area contributed by atoms with Gasteiger partial charge in [0.2, 0.25) is 0 Å². The number of aryl methyl sites for hydroxylation is 2. The molecule has 32 heavy (non-hydrogen) atoms. The van der Waals surface area contributed by atoms with Crippen molar-refractivity contribution in [2.45, 2.75) is 26.5 Å². The molecule has 168 valence electrons. The summed E-state index contributed by atoms with van der Waals surface area (Å²) in [5.41, 5.74) is 5.58. The predicted octanol–water partition coefficient (Wildman–Crippen LogP) is 4.89. The molecule has 0 radical (unpaired) electrons. The minimum atomic E-state index is -0.846. The number of aliphatic hydroxyl groups excluding tert-OH is 1. The Morgan fingerprint density at radius 2 is 1.84 bits per heavy atom. The van der Waals surface area contributed by atoms with E-state index in [1.165, 1.54) is 28.8 Å². The molecule has 1 N–H and O–H groups in total. The lowest BCUT2D eigenvalue weighted by atomic mass is 9.96. The van der Waals surface area contributed by atoms with Gasteiger partial charge < -0.3 is 9.84 Å². The highest BCUT2D eigenvalue weighted by Gasteiger charge is 2.15. The summed E-state index contributed by atoms with van der Waals surface area (Å²) in [6, 6.07) is 17.8. The van der Waals surface area contributed by atoms with Crippen LogP contribution in [0.2, 0.25) is 0 Å². The van der Waals surface area contributed by atoms with E-state index < -0.39 is 16.8 Å². The van der Waals surface area contributed by atoms with Gasteiger partial charge in [-0.1, -0.05) is 42.5 Å². The summed E-state index contributed by atoms with van der Waals surface area (Å²) in [7, 11) is 1.89. The van der Waals surface area contributed by atoms with Crippen LogP contribution < -0.4 is 4.74 Å². The minimum Gasteiger partial charge on any atom is -0.488 e. The molecule has 0 saturated heterocycles. The van der Waals surface area contributed by atoms with Gasteiger partial charge in [0.25, 0.3) is 5.69 Å². The molecular formula is C25H27FN2O4. The van der Waals surface area contributed by atoms with E-state index in [2.05, 4.69) is 44.2 Å². The molecular weight excluding hydrogens is 411 g/mol. The molecule has 1 unspecified atom stereocenters. The average Bonchev–Trinajstić information content (AvgIpc) is 2.74. The predicted molar refractivity (Wildman–Crippen MR) is 122 cm³/mol. The van der Waals surface area contributed by atoms with E-state index in [1.807, 2.05) is 24.1 Å². The smallest absolute Gasteiger partial charge is 0.272 e. The van der Waals surface area contributed by atoms with Gasteiger partial charge in [0.1, 0.15) is 12.7 Å². The normalized spacial score (nSPS) is 12.1. The van der Waals surface area contributed by atoms with Crippen molar-refractivity contribution in [2.75, 3.05) is 20.2 Å². The Kier molecular flexibility index (Phi) is 7.56. The summed E-state index contributed by atoms with van der Waals surface area (Å²) in [6.45, 7) is 5.01. The van der Waals surface area contributed by atoms with Crippen LogP contribution in [0.25, 0.3) is 11.1 Å². The summed E-state index contributed by atoms with van der Waals surface area (Å²) in [6.07, 6.45) is -0.846. The summed E-state index contributed by atoms with van der Waals surface area (Å²) >= 11 is 0. The first-order chi connectivity index (χ1) is 15.2. The van der Waals surface area contributed by atoms with Crippen molar-refractivity contribution in [3.05, 3.63) is 93.3 Å². The SMILES string of the molecule is Cc1cc(-c2ccccc2C)ccc1CN(C)CC(O)COc1ccc([N+](=O)[O-])cc1F. The first kappa shape index (κ1) is 23.4. The third-order valence-electron chi connectivity index (χ3n) is 5.32. The molecule has 0 heterocycles. The van der Waals surface area contributed by atoms with Gasteiger partial charge in [0, 0.05) is 19.2 Å². The van der Waals surface area contributed by atoms with Crippen LogP contribution in [0.15, 0.2) is 60.7 Å². The molecule has 0 saturated carbocycles. The molecule has 0 aliphatic carbocycles. The largest absolute Gasteiger partial charge is 0.488 e. The zero-order valence-corrected chi connectivity index (χ0v) is 18.4. The Hall–Kier alpha value is -3.29. The fourth-order valence-corrected chi connectivity index (χ4v) is 3.61. The minimum absolute atomic E-state index is 0.121. The zero-order chi connectivity index (χ0) is 23.3. The Morgan fingerprint density at radius 3 is 2.50 bits per heavy atom. The highest BCUT2D eigenvalue weighted by molar-refractivity contribution is 5.68. The maximum atomic E-state index is 13.9. The summed E-state index contributed by atoms with van der Waals surface area (Å²) in [5, 5.41) is 21.0. The van der Waals surface area contributed by atoms with Crippen LogP contribution in [0.3, 0.4) is 0 Å². The molecule has 0 fully saturated rings. The molecule has 3 aromatic carbocycles. The Morgan fingerprint density at radius 1 is 1.09 bits per heavy atom. The van der Waals surface area contributed by atoms with Crippen molar-refractivity contribution in [3.63, 3.8) is 0 Å². The van der Waals surface area contributed by atoms with Crippen LogP contribution in [0.5, 0.6) is 5.75 Å². The van der Waals surface area contributed by atoms with E-state index in [0.29, 0.717) is 13.1 Å². The van der Waals surface area contributed by atoms with E-state index in [9.17, 15) is 19.6 Å². The zero-order valence-electron chi connectivity index (χ0n) is 18.4. The van der Waals surface area contributed by atoms with E-state index in [1.54, 1.807) is 0 Å². The fraction of sp³-hybridized carbons (Fsp3) is 0.280. The molecule has 0 aliphatic heterocycles. The van der Waals surface area contributed by atoms with Gasteiger partial charge in [-0.2, -0.15) is 0 Å². The molecule has 1 atom stereocenters. The molecule has 0 aliphatic rings. The molecule has 3 aromatic rings. The lowest BCUT2D eigenvalue weighted by molar-refractivity contribution is -0.385. The molecule has 3 rings (SSSR count). The van der Waals surface area contributed by atoms with Crippen LogP contribution in [0, 0.1) is 29.8 Å². The maximum Gasteiger partial charge on any atom is 0.272 e. The number of aliphatic hydroxyl groups is 1. The molecule has 0 bridgehead atoms. The van der Waals surface area contributed by atoms with Crippen molar-refractivity contribution < 1.29 is 19.2 Å². The molecule has 7 heteroatoms. The molecule has 6 nitrogen and oxygen atoms in total. The van der Waals surface area contributed by atoms with Crippen LogP contribution in [-0.2, 0) is 6.54 Å². The van der Waals surface area contributed by atoms with E-state index in [-0.39, 0.29) is 18.0 Å².